The number of allylic oxidation sites excluding steroid dienone is 3. The van der Waals surface area contributed by atoms with Crippen LogP contribution in [-0.2, 0) is 4.79 Å². The second-order valence-electron chi connectivity index (χ2n) is 10.7. The van der Waals surface area contributed by atoms with Crippen molar-refractivity contribution in [2.45, 2.75) is 46.5 Å². The number of anilines is 1. The molecule has 0 saturated carbocycles. The summed E-state index contributed by atoms with van der Waals surface area (Å²) in [6, 6.07) is 26.7. The maximum absolute atomic E-state index is 13.8. The van der Waals surface area contributed by atoms with Crippen molar-refractivity contribution in [3.8, 4) is 6.07 Å². The Balaban J connectivity index is 1.87. The van der Waals surface area contributed by atoms with Crippen LogP contribution in [0.3, 0.4) is 0 Å². The molecule has 0 saturated heterocycles. The molecule has 0 N–H and O–H groups in total. The van der Waals surface area contributed by atoms with Crippen molar-refractivity contribution in [1.82, 2.24) is 0 Å². The molecule has 5 rings (SSSR count). The van der Waals surface area contributed by atoms with Crippen LogP contribution in [0.2, 0.25) is 5.02 Å². The summed E-state index contributed by atoms with van der Waals surface area (Å²) in [7, 11) is 0. The number of hydrogen-bond acceptors (Lipinski definition) is 3. The van der Waals surface area contributed by atoms with Crippen molar-refractivity contribution >= 4 is 28.8 Å². The highest BCUT2D eigenvalue weighted by Gasteiger charge is 2.45. The molecule has 0 bridgehead atoms. The topological polar surface area (TPSA) is 44.1 Å². The molecule has 0 fully saturated rings. The Labute approximate surface area is 218 Å². The third-order valence-corrected chi connectivity index (χ3v) is 7.42. The smallest absolute Gasteiger partial charge is 0.162 e. The third kappa shape index (κ3) is 4.27. The summed E-state index contributed by atoms with van der Waals surface area (Å²) in [6.45, 7) is 8.40. The second-order valence-corrected chi connectivity index (χ2v) is 11.1. The van der Waals surface area contributed by atoms with Gasteiger partial charge in [0, 0.05) is 28.4 Å². The third-order valence-electron chi connectivity index (χ3n) is 7.16. The number of rotatable bonds is 3. The quantitative estimate of drug-likeness (QED) is 0.370. The van der Waals surface area contributed by atoms with Gasteiger partial charge in [-0.15, -0.1) is 0 Å². The molecule has 1 atom stereocenters. The normalized spacial score (nSPS) is 19.3. The zero-order valence-corrected chi connectivity index (χ0v) is 21.9. The van der Waals surface area contributed by atoms with Gasteiger partial charge >= 0.3 is 0 Å². The van der Waals surface area contributed by atoms with E-state index in [0.29, 0.717) is 17.0 Å². The highest BCUT2D eigenvalue weighted by atomic mass is 35.5. The number of carbonyl (C=O) groups is 1. The first-order valence-corrected chi connectivity index (χ1v) is 12.7. The number of halogens is 1. The van der Waals surface area contributed by atoms with Gasteiger partial charge in [0.1, 0.15) is 0 Å². The van der Waals surface area contributed by atoms with E-state index in [9.17, 15) is 10.1 Å². The van der Waals surface area contributed by atoms with E-state index in [0.717, 1.165) is 51.3 Å². The van der Waals surface area contributed by atoms with Gasteiger partial charge in [0.25, 0.3) is 0 Å². The number of aryl methyl sites for hydroxylation is 2. The summed E-state index contributed by atoms with van der Waals surface area (Å²) in [5, 5.41) is 11.3. The lowest BCUT2D eigenvalue weighted by Crippen LogP contribution is -2.39. The number of nitriles is 1. The Morgan fingerprint density at radius 2 is 1.47 bits per heavy atom. The summed E-state index contributed by atoms with van der Waals surface area (Å²) in [5.41, 5.74) is 8.03. The van der Waals surface area contributed by atoms with Crippen LogP contribution in [-0.4, -0.2) is 5.78 Å². The first-order valence-electron chi connectivity index (χ1n) is 12.3. The van der Waals surface area contributed by atoms with E-state index in [2.05, 4.69) is 80.3 Å². The lowest BCUT2D eigenvalue weighted by Gasteiger charge is -2.45. The van der Waals surface area contributed by atoms with Crippen LogP contribution in [0.1, 0.15) is 54.9 Å². The van der Waals surface area contributed by atoms with E-state index in [1.54, 1.807) is 0 Å². The van der Waals surface area contributed by atoms with Crippen molar-refractivity contribution in [2.24, 2.45) is 5.41 Å². The fraction of sp³-hybridized carbons (Fsp3) is 0.250. The molecule has 3 aromatic rings. The summed E-state index contributed by atoms with van der Waals surface area (Å²) >= 11 is 6.25. The van der Waals surface area contributed by atoms with Gasteiger partial charge in [-0.3, -0.25) is 4.79 Å². The number of hydrogen-bond donors (Lipinski definition) is 0. The van der Waals surface area contributed by atoms with Gasteiger partial charge in [0.2, 0.25) is 0 Å². The van der Waals surface area contributed by atoms with Crippen LogP contribution in [0.5, 0.6) is 0 Å². The first kappa shape index (κ1) is 24.1. The van der Waals surface area contributed by atoms with E-state index in [4.69, 9.17) is 11.6 Å². The van der Waals surface area contributed by atoms with Gasteiger partial charge in [0.05, 0.1) is 23.3 Å². The highest BCUT2D eigenvalue weighted by Crippen LogP contribution is 2.53. The first-order chi connectivity index (χ1) is 17.2. The Morgan fingerprint density at radius 1 is 0.889 bits per heavy atom. The largest absolute Gasteiger partial charge is 0.312 e. The van der Waals surface area contributed by atoms with Gasteiger partial charge in [-0.25, -0.2) is 0 Å². The maximum atomic E-state index is 13.8. The molecule has 0 amide bonds. The summed E-state index contributed by atoms with van der Waals surface area (Å²) < 4.78 is 0. The summed E-state index contributed by atoms with van der Waals surface area (Å²) in [6.07, 6.45) is 1.20. The maximum Gasteiger partial charge on any atom is 0.162 e. The van der Waals surface area contributed by atoms with Gasteiger partial charge in [-0.2, -0.15) is 5.26 Å². The lowest BCUT2D eigenvalue weighted by molar-refractivity contribution is -0.118. The molecule has 4 heteroatoms. The zero-order valence-electron chi connectivity index (χ0n) is 21.1. The Bertz CT molecular complexity index is 1440. The average Bonchev–Trinajstić information content (AvgIpc) is 2.84. The van der Waals surface area contributed by atoms with E-state index < -0.39 is 5.92 Å². The van der Waals surface area contributed by atoms with E-state index in [1.807, 2.05) is 31.2 Å². The molecule has 1 unspecified atom stereocenters. The van der Waals surface area contributed by atoms with Crippen LogP contribution in [0.15, 0.2) is 89.6 Å². The molecular formula is C32H29ClN2O. The monoisotopic (exact) mass is 492 g/mol. The number of nitrogens with zero attached hydrogens (tertiary/aromatic N) is 2. The average molecular weight is 493 g/mol. The van der Waals surface area contributed by atoms with E-state index in [-0.39, 0.29) is 11.2 Å². The molecule has 1 aliphatic carbocycles. The van der Waals surface area contributed by atoms with Gasteiger partial charge in [-0.1, -0.05) is 85.1 Å². The second kappa shape index (κ2) is 9.12. The molecule has 1 aliphatic heterocycles. The number of Topliss-reactive ketones (excluding diaryl/α,β-unsaturated/α-hetero) is 1. The minimum absolute atomic E-state index is 0.117. The number of carbonyl (C=O) groups excluding carboxylic acids is 1. The molecule has 3 aromatic carbocycles. The van der Waals surface area contributed by atoms with Crippen LogP contribution in [0, 0.1) is 30.6 Å². The molecule has 0 aromatic heterocycles. The zero-order chi connectivity index (χ0) is 25.6. The van der Waals surface area contributed by atoms with E-state index >= 15 is 0 Å². The predicted molar refractivity (Wildman–Crippen MR) is 147 cm³/mol. The van der Waals surface area contributed by atoms with Gasteiger partial charge in [-0.05, 0) is 61.1 Å². The van der Waals surface area contributed by atoms with Gasteiger partial charge in [0.15, 0.2) is 5.78 Å². The number of benzene rings is 3. The van der Waals surface area contributed by atoms with Crippen molar-refractivity contribution in [1.29, 1.82) is 5.26 Å². The Morgan fingerprint density at radius 3 is 2.06 bits per heavy atom. The van der Waals surface area contributed by atoms with Crippen molar-refractivity contribution < 1.29 is 4.79 Å². The Kier molecular flexibility index (Phi) is 6.10. The van der Waals surface area contributed by atoms with Crippen LogP contribution in [0.4, 0.5) is 5.69 Å². The van der Waals surface area contributed by atoms with Crippen molar-refractivity contribution in [2.75, 3.05) is 4.90 Å². The standard InChI is InChI=1S/C32H29ClN2O/c1-20-5-9-22(10-6-20)29-26(19-34)31(23-11-13-24(33)14-12-23)35(25-15-7-21(2)8-16-25)27-17-32(3,4)18-28(36)30(27)29/h5-16,29H,17-18H2,1-4H3. The Hall–Kier alpha value is -3.61. The lowest BCUT2D eigenvalue weighted by atomic mass is 9.67. The van der Waals surface area contributed by atoms with Crippen molar-refractivity contribution in [3.05, 3.63) is 117 Å². The highest BCUT2D eigenvalue weighted by molar-refractivity contribution is 6.30. The van der Waals surface area contributed by atoms with Crippen LogP contribution >= 0.6 is 11.6 Å². The molecular weight excluding hydrogens is 464 g/mol. The molecule has 0 radical (unpaired) electrons. The fourth-order valence-electron chi connectivity index (χ4n) is 5.45. The van der Waals surface area contributed by atoms with Crippen LogP contribution in [0.25, 0.3) is 5.70 Å². The number of ketones is 1. The minimum atomic E-state index is -0.415. The molecule has 2 aliphatic rings. The van der Waals surface area contributed by atoms with Crippen molar-refractivity contribution in [3.63, 3.8) is 0 Å². The molecule has 0 spiro atoms. The molecule has 180 valence electrons. The molecule has 1 heterocycles. The molecule has 36 heavy (non-hydrogen) atoms. The van der Waals surface area contributed by atoms with Gasteiger partial charge < -0.3 is 4.90 Å². The fourth-order valence-corrected chi connectivity index (χ4v) is 5.57. The van der Waals surface area contributed by atoms with Crippen LogP contribution < -0.4 is 4.90 Å². The summed E-state index contributed by atoms with van der Waals surface area (Å²) in [4.78, 5) is 16.0. The minimum Gasteiger partial charge on any atom is -0.312 e. The van der Waals surface area contributed by atoms with E-state index in [1.165, 1.54) is 0 Å². The SMILES string of the molecule is Cc1ccc(C2C(C#N)=C(c3ccc(Cl)cc3)N(c3ccc(C)cc3)C3=C2C(=O)CC(C)(C)C3)cc1. The predicted octanol–water partition coefficient (Wildman–Crippen LogP) is 8.14. The summed E-state index contributed by atoms with van der Waals surface area (Å²) in [5.74, 6) is -0.298. The molecule has 3 nitrogen and oxygen atoms in total.